The van der Waals surface area contributed by atoms with E-state index in [1.54, 1.807) is 0 Å². The van der Waals surface area contributed by atoms with E-state index < -0.39 is 8.25 Å². The number of hydrogen-bond acceptors (Lipinski definition) is 3. The molecule has 0 aromatic rings. The fourth-order valence-corrected chi connectivity index (χ4v) is 3.85. The van der Waals surface area contributed by atoms with Gasteiger partial charge in [-0.05, 0) is 18.5 Å². The predicted molar refractivity (Wildman–Crippen MR) is 82.4 cm³/mol. The van der Waals surface area contributed by atoms with Crippen LogP contribution in [-0.2, 0) is 4.57 Å². The van der Waals surface area contributed by atoms with Gasteiger partial charge in [0, 0.05) is 4.57 Å². The summed E-state index contributed by atoms with van der Waals surface area (Å²) in [5.41, 5.74) is 0. The highest BCUT2D eigenvalue weighted by atomic mass is 33.1. The molecule has 0 aliphatic heterocycles. The van der Waals surface area contributed by atoms with Crippen molar-refractivity contribution in [3.8, 4) is 0 Å². The maximum absolute atomic E-state index is 8.70. The third-order valence-electron chi connectivity index (χ3n) is 1.62. The fourth-order valence-electron chi connectivity index (χ4n) is 1.28. The van der Waals surface area contributed by atoms with Gasteiger partial charge in [0.2, 0.25) is 0 Å². The molecule has 0 saturated carbocycles. The van der Waals surface area contributed by atoms with Crippen LogP contribution in [0.2, 0.25) is 0 Å². The smallest absolute Gasteiger partial charge is 0.134 e. The molecular weight excluding hydrogens is 282 g/mol. The maximum atomic E-state index is 8.70. The molecule has 0 saturated heterocycles. The van der Waals surface area contributed by atoms with Gasteiger partial charge in [-0.15, -0.1) is 41.0 Å². The Morgan fingerprint density at radius 2 is 1.12 bits per heavy atom. The van der Waals surface area contributed by atoms with Gasteiger partial charge in [0.05, 0.1) is 0 Å². The van der Waals surface area contributed by atoms with Crippen LogP contribution < -0.4 is 0 Å². The minimum absolute atomic E-state index is 0.439. The summed E-state index contributed by atoms with van der Waals surface area (Å²) in [6, 6.07) is 0. The van der Waals surface area contributed by atoms with Gasteiger partial charge in [0.15, 0.2) is 0 Å². The topological polar surface area (TPSA) is 57.5 Å². The van der Waals surface area contributed by atoms with Gasteiger partial charge in [-0.25, -0.2) is 0 Å². The lowest BCUT2D eigenvalue weighted by Crippen LogP contribution is -1.92. The first-order valence-corrected chi connectivity index (χ1v) is 10.0. The van der Waals surface area contributed by atoms with Crippen LogP contribution >= 0.6 is 39.5 Å². The molecule has 0 atom stereocenters. The molecule has 0 heterocycles. The minimum Gasteiger partial charge on any atom is -0.134 e. The van der Waals surface area contributed by atoms with Crippen LogP contribution in [0.3, 0.4) is 0 Å². The first kappa shape index (κ1) is 22.3. The van der Waals surface area contributed by atoms with E-state index in [1.165, 1.54) is 37.7 Å². The van der Waals surface area contributed by atoms with Crippen molar-refractivity contribution in [1.82, 2.24) is 0 Å². The van der Waals surface area contributed by atoms with Crippen molar-refractivity contribution in [2.24, 2.45) is 0 Å². The van der Waals surface area contributed by atoms with Crippen LogP contribution in [0.15, 0.2) is 0 Å². The molecule has 0 aliphatic carbocycles. The van der Waals surface area contributed by atoms with Crippen molar-refractivity contribution in [3.63, 3.8) is 0 Å². The van der Waals surface area contributed by atoms with Crippen molar-refractivity contribution in [2.45, 2.75) is 40.0 Å². The van der Waals surface area contributed by atoms with Crippen molar-refractivity contribution in [1.29, 1.82) is 0 Å². The molecule has 0 radical (unpaired) electrons. The normalized spacial score (nSPS) is 8.75. The highest BCUT2D eigenvalue weighted by Crippen LogP contribution is 2.37. The zero-order chi connectivity index (χ0) is 13.4. The Labute approximate surface area is 112 Å². The van der Waals surface area contributed by atoms with Crippen LogP contribution in [0, 0.1) is 0 Å². The van der Waals surface area contributed by atoms with E-state index in [4.69, 9.17) is 14.4 Å². The van der Waals surface area contributed by atoms with Crippen molar-refractivity contribution < 1.29 is 14.4 Å². The minimum atomic E-state index is -2.87. The summed E-state index contributed by atoms with van der Waals surface area (Å²) in [5, 5.41) is 0. The fraction of sp³-hybridized carbons (Fsp3) is 1.00. The second-order valence-electron chi connectivity index (χ2n) is 3.09. The molecule has 0 aliphatic rings. The van der Waals surface area contributed by atoms with Gasteiger partial charge in [0.25, 0.3) is 0 Å². The lowest BCUT2D eigenvalue weighted by molar-refractivity contribution is 0.405. The maximum Gasteiger partial charge on any atom is 0.692 e. The average molecular weight is 307 g/mol. The molecule has 0 fully saturated rings. The molecule has 2 N–H and O–H groups in total. The zero-order valence-electron chi connectivity index (χ0n) is 10.3. The Kier molecular flexibility index (Phi) is 29.9. The lowest BCUT2D eigenvalue weighted by atomic mass is 10.6. The standard InChI is InChI=1S/C9H21P.HO3P.H2S2/c1-4-7-10(8-5-2)9-6-3;1-4(2)3;1-2/h4-9H2,1-3H3;(H-,1,2,3);1-2H/p+1. The highest BCUT2D eigenvalue weighted by molar-refractivity contribution is 8.59. The SMILES string of the molecule is CCCP(CCC)CCC.O=[P+](O)O.SS. The van der Waals surface area contributed by atoms with Gasteiger partial charge in [0.1, 0.15) is 0 Å². The van der Waals surface area contributed by atoms with Gasteiger partial charge < -0.3 is 0 Å². The molecule has 16 heavy (non-hydrogen) atoms. The monoisotopic (exact) mass is 307 g/mol. The van der Waals surface area contributed by atoms with Crippen molar-refractivity contribution >= 4 is 39.5 Å². The first-order valence-electron chi connectivity index (χ1n) is 5.35. The third kappa shape index (κ3) is 29.4. The van der Waals surface area contributed by atoms with E-state index in [2.05, 4.69) is 44.1 Å². The van der Waals surface area contributed by atoms with Crippen LogP contribution in [0.5, 0.6) is 0 Å². The van der Waals surface area contributed by atoms with Crippen molar-refractivity contribution in [2.75, 3.05) is 18.5 Å². The van der Waals surface area contributed by atoms with E-state index >= 15 is 0 Å². The third-order valence-corrected chi connectivity index (χ3v) is 4.86. The number of hydrogen-bond donors (Lipinski definition) is 4. The van der Waals surface area contributed by atoms with Crippen LogP contribution in [0.4, 0.5) is 0 Å². The summed E-state index contributed by atoms with van der Waals surface area (Å²) in [4.78, 5) is 14.2. The summed E-state index contributed by atoms with van der Waals surface area (Å²) >= 11 is 6.44. The van der Waals surface area contributed by atoms with Gasteiger partial charge in [-0.1, -0.05) is 40.0 Å². The molecule has 7 heteroatoms. The molecule has 0 spiro atoms. The molecule has 0 aromatic heterocycles. The highest BCUT2D eigenvalue weighted by Gasteiger charge is 2.02. The van der Waals surface area contributed by atoms with E-state index in [0.717, 1.165) is 0 Å². The van der Waals surface area contributed by atoms with Gasteiger partial charge >= 0.3 is 8.25 Å². The molecule has 100 valence electrons. The molecule has 0 aromatic carbocycles. The Balaban J connectivity index is -0.000000237. The summed E-state index contributed by atoms with van der Waals surface area (Å²) in [6.07, 6.45) is 8.72. The Morgan fingerprint density at radius 1 is 0.938 bits per heavy atom. The molecule has 0 unspecified atom stereocenters. The summed E-state index contributed by atoms with van der Waals surface area (Å²) in [7, 11) is -2.43. The van der Waals surface area contributed by atoms with Crippen LogP contribution in [-0.4, -0.2) is 28.3 Å². The van der Waals surface area contributed by atoms with Crippen LogP contribution in [0.25, 0.3) is 0 Å². The Morgan fingerprint density at radius 3 is 1.25 bits per heavy atom. The van der Waals surface area contributed by atoms with Gasteiger partial charge in [-0.2, -0.15) is 0 Å². The van der Waals surface area contributed by atoms with E-state index in [9.17, 15) is 0 Å². The number of rotatable bonds is 6. The summed E-state index contributed by atoms with van der Waals surface area (Å²) in [5.74, 6) is 0. The zero-order valence-corrected chi connectivity index (χ0v) is 13.9. The summed E-state index contributed by atoms with van der Waals surface area (Å²) in [6.45, 7) is 6.92. The molecule has 0 bridgehead atoms. The van der Waals surface area contributed by atoms with Crippen molar-refractivity contribution in [3.05, 3.63) is 0 Å². The van der Waals surface area contributed by atoms with E-state index in [0.29, 0.717) is 7.92 Å². The Bertz CT molecular complexity index is 122. The molecular formula is C9H25O3P2S2+. The molecule has 0 amide bonds. The molecule has 0 rings (SSSR count). The van der Waals surface area contributed by atoms with Crippen LogP contribution in [0.1, 0.15) is 40.0 Å². The average Bonchev–Trinajstić information content (AvgIpc) is 2.21. The predicted octanol–water partition coefficient (Wildman–Crippen LogP) is 4.09. The second kappa shape index (κ2) is 21.4. The summed E-state index contributed by atoms with van der Waals surface area (Å²) < 4.78 is 8.70. The molecule has 3 nitrogen and oxygen atoms in total. The quantitative estimate of drug-likeness (QED) is 0.340. The number of thiol groups is 2. The second-order valence-corrected chi connectivity index (χ2v) is 6.28. The van der Waals surface area contributed by atoms with E-state index in [-0.39, 0.29) is 0 Å². The Hall–Kier alpha value is 1.15. The lowest BCUT2D eigenvalue weighted by Gasteiger charge is -2.13. The van der Waals surface area contributed by atoms with Gasteiger partial charge in [-0.3, -0.25) is 0 Å². The largest absolute Gasteiger partial charge is 0.692 e. The first-order chi connectivity index (χ1) is 7.58. The van der Waals surface area contributed by atoms with E-state index in [1.807, 2.05) is 0 Å².